The predicted molar refractivity (Wildman–Crippen MR) is 107 cm³/mol. The number of carbonyl (C=O) groups excluding carboxylic acids is 1. The van der Waals surface area contributed by atoms with E-state index in [1.807, 2.05) is 0 Å². The lowest BCUT2D eigenvalue weighted by atomic mass is 9.96. The molecule has 1 fully saturated rings. The van der Waals surface area contributed by atoms with Crippen LogP contribution < -0.4 is 5.32 Å². The zero-order valence-corrected chi connectivity index (χ0v) is 17.4. The summed E-state index contributed by atoms with van der Waals surface area (Å²) in [5.74, 6) is -0.896. The van der Waals surface area contributed by atoms with Crippen LogP contribution in [0.3, 0.4) is 0 Å². The molecule has 10 heteroatoms. The number of piperidine rings is 1. The van der Waals surface area contributed by atoms with Crippen LogP contribution >= 0.6 is 0 Å². The van der Waals surface area contributed by atoms with Crippen LogP contribution in [0.25, 0.3) is 0 Å². The van der Waals surface area contributed by atoms with Gasteiger partial charge in [0.1, 0.15) is 0 Å². The van der Waals surface area contributed by atoms with Crippen molar-refractivity contribution in [2.75, 3.05) is 19.6 Å². The van der Waals surface area contributed by atoms with Gasteiger partial charge in [0.25, 0.3) is 0 Å². The fourth-order valence-electron chi connectivity index (χ4n) is 3.60. The summed E-state index contributed by atoms with van der Waals surface area (Å²) >= 11 is 0. The molecule has 168 valence electrons. The van der Waals surface area contributed by atoms with Crippen LogP contribution in [0, 0.1) is 5.92 Å². The molecule has 0 bridgehead atoms. The van der Waals surface area contributed by atoms with Crippen LogP contribution in [0.1, 0.15) is 30.1 Å². The van der Waals surface area contributed by atoms with Gasteiger partial charge in [0, 0.05) is 25.6 Å². The van der Waals surface area contributed by atoms with Gasteiger partial charge in [0.05, 0.1) is 16.6 Å². The van der Waals surface area contributed by atoms with E-state index in [9.17, 15) is 31.5 Å². The van der Waals surface area contributed by atoms with E-state index in [-0.39, 0.29) is 42.9 Å². The Morgan fingerprint density at radius 3 is 2.26 bits per heavy atom. The zero-order valence-electron chi connectivity index (χ0n) is 16.5. The molecule has 1 heterocycles. The van der Waals surface area contributed by atoms with Gasteiger partial charge in [0.2, 0.25) is 15.9 Å². The molecule has 31 heavy (non-hydrogen) atoms. The van der Waals surface area contributed by atoms with Crippen molar-refractivity contribution in [1.29, 1.82) is 0 Å². The summed E-state index contributed by atoms with van der Waals surface area (Å²) in [6.45, 7) is -0.0436. The van der Waals surface area contributed by atoms with Crippen LogP contribution in [0.2, 0.25) is 0 Å². The first-order valence-corrected chi connectivity index (χ1v) is 11.2. The first-order chi connectivity index (χ1) is 14.6. The van der Waals surface area contributed by atoms with Crippen molar-refractivity contribution in [1.82, 2.24) is 9.62 Å². The first kappa shape index (κ1) is 23.2. The first-order valence-electron chi connectivity index (χ1n) is 9.78. The third-order valence-corrected chi connectivity index (χ3v) is 7.21. The molecule has 0 spiro atoms. The van der Waals surface area contributed by atoms with Gasteiger partial charge in [-0.1, -0.05) is 36.4 Å². The third-order valence-electron chi connectivity index (χ3n) is 5.30. The number of sulfonamides is 1. The van der Waals surface area contributed by atoms with E-state index in [4.69, 9.17) is 0 Å². The molecule has 0 radical (unpaired) electrons. The van der Waals surface area contributed by atoms with E-state index in [1.165, 1.54) is 34.6 Å². The second-order valence-electron chi connectivity index (χ2n) is 7.34. The second kappa shape index (κ2) is 9.37. The van der Waals surface area contributed by atoms with Gasteiger partial charge in [-0.3, -0.25) is 4.79 Å². The average Bonchev–Trinajstić information content (AvgIpc) is 2.77. The number of aliphatic hydroxyl groups is 1. The summed E-state index contributed by atoms with van der Waals surface area (Å²) in [7, 11) is -3.64. The van der Waals surface area contributed by atoms with Crippen LogP contribution in [0.4, 0.5) is 13.2 Å². The molecule has 1 unspecified atom stereocenters. The Labute approximate surface area is 178 Å². The Bertz CT molecular complexity index is 1000. The Balaban J connectivity index is 1.55. The van der Waals surface area contributed by atoms with E-state index in [1.54, 1.807) is 18.2 Å². The number of aliphatic hydroxyl groups excluding tert-OH is 1. The van der Waals surface area contributed by atoms with Crippen molar-refractivity contribution in [3.63, 3.8) is 0 Å². The van der Waals surface area contributed by atoms with Gasteiger partial charge >= 0.3 is 6.18 Å². The van der Waals surface area contributed by atoms with Gasteiger partial charge in [-0.05, 0) is 36.6 Å². The quantitative estimate of drug-likeness (QED) is 0.700. The number of nitrogens with one attached hydrogen (secondary N) is 1. The molecule has 1 amide bonds. The van der Waals surface area contributed by atoms with Crippen molar-refractivity contribution >= 4 is 15.9 Å². The van der Waals surface area contributed by atoms with Gasteiger partial charge in [0.15, 0.2) is 0 Å². The molecular formula is C21H23F3N2O4S. The molecule has 1 saturated heterocycles. The molecule has 0 aromatic heterocycles. The fourth-order valence-corrected chi connectivity index (χ4v) is 5.09. The molecule has 2 aromatic carbocycles. The number of rotatable bonds is 6. The van der Waals surface area contributed by atoms with Gasteiger partial charge < -0.3 is 10.4 Å². The number of benzene rings is 2. The monoisotopic (exact) mass is 456 g/mol. The summed E-state index contributed by atoms with van der Waals surface area (Å²) < 4.78 is 65.9. The molecule has 2 N–H and O–H groups in total. The highest BCUT2D eigenvalue weighted by atomic mass is 32.2. The molecular weight excluding hydrogens is 433 g/mol. The minimum atomic E-state index is -4.61. The van der Waals surface area contributed by atoms with Crippen LogP contribution in [0.15, 0.2) is 59.5 Å². The minimum Gasteiger partial charge on any atom is -0.387 e. The number of hydrogen-bond donors (Lipinski definition) is 2. The minimum absolute atomic E-state index is 0.161. The normalized spacial score (nSPS) is 17.3. The Hall–Kier alpha value is -2.43. The molecule has 0 saturated carbocycles. The number of nitrogens with zero attached hydrogens (tertiary/aromatic N) is 1. The molecule has 1 aliphatic heterocycles. The second-order valence-corrected chi connectivity index (χ2v) is 9.28. The molecule has 1 aliphatic rings. The zero-order chi connectivity index (χ0) is 22.6. The molecule has 1 atom stereocenters. The Morgan fingerprint density at radius 1 is 1.06 bits per heavy atom. The predicted octanol–water partition coefficient (Wildman–Crippen LogP) is 2.96. The highest BCUT2D eigenvalue weighted by molar-refractivity contribution is 7.89. The highest BCUT2D eigenvalue weighted by Gasteiger charge is 2.35. The maximum Gasteiger partial charge on any atom is 0.416 e. The van der Waals surface area contributed by atoms with Crippen molar-refractivity contribution in [3.05, 3.63) is 65.7 Å². The summed E-state index contributed by atoms with van der Waals surface area (Å²) in [5, 5.41) is 12.7. The fraction of sp³-hybridized carbons (Fsp3) is 0.381. The molecule has 3 rings (SSSR count). The van der Waals surface area contributed by atoms with Gasteiger partial charge in [-0.15, -0.1) is 0 Å². The van der Waals surface area contributed by atoms with Gasteiger partial charge in [-0.2, -0.15) is 17.5 Å². The number of carbonyl (C=O) groups is 1. The number of amides is 1. The number of alkyl halides is 3. The topological polar surface area (TPSA) is 86.7 Å². The largest absolute Gasteiger partial charge is 0.416 e. The number of hydrogen-bond acceptors (Lipinski definition) is 4. The lowest BCUT2D eigenvalue weighted by Crippen LogP contribution is -2.43. The standard InChI is InChI=1S/C21H23F3N2O4S/c22-21(23,24)18-9-5-4-8-17(18)19(27)14-25-20(28)15-10-12-26(13-11-15)31(29,30)16-6-2-1-3-7-16/h1-9,15,19,27H,10-14H2,(H,25,28). The highest BCUT2D eigenvalue weighted by Crippen LogP contribution is 2.34. The van der Waals surface area contributed by atoms with E-state index in [0.717, 1.165) is 6.07 Å². The van der Waals surface area contributed by atoms with E-state index in [2.05, 4.69) is 5.32 Å². The molecule has 0 aliphatic carbocycles. The third kappa shape index (κ3) is 5.44. The van der Waals surface area contributed by atoms with Crippen LogP contribution in [-0.2, 0) is 21.0 Å². The van der Waals surface area contributed by atoms with E-state index < -0.39 is 39.7 Å². The smallest absolute Gasteiger partial charge is 0.387 e. The molecule has 6 nitrogen and oxygen atoms in total. The molecule has 2 aromatic rings. The maximum absolute atomic E-state index is 13.1. The average molecular weight is 456 g/mol. The maximum atomic E-state index is 13.1. The number of halogens is 3. The van der Waals surface area contributed by atoms with Crippen molar-refractivity contribution in [2.45, 2.75) is 30.0 Å². The summed E-state index contributed by atoms with van der Waals surface area (Å²) in [4.78, 5) is 12.6. The van der Waals surface area contributed by atoms with Crippen molar-refractivity contribution in [3.8, 4) is 0 Å². The van der Waals surface area contributed by atoms with Crippen molar-refractivity contribution in [2.24, 2.45) is 5.92 Å². The Morgan fingerprint density at radius 2 is 1.65 bits per heavy atom. The summed E-state index contributed by atoms with van der Waals surface area (Å²) in [6.07, 6.45) is -5.56. The lowest BCUT2D eigenvalue weighted by molar-refractivity contribution is -0.139. The van der Waals surface area contributed by atoms with Crippen LogP contribution in [0.5, 0.6) is 0 Å². The van der Waals surface area contributed by atoms with E-state index in [0.29, 0.717) is 0 Å². The van der Waals surface area contributed by atoms with Crippen LogP contribution in [-0.4, -0.2) is 43.4 Å². The summed E-state index contributed by atoms with van der Waals surface area (Å²) in [6, 6.07) is 12.7. The Kier molecular flexibility index (Phi) is 7.03. The van der Waals surface area contributed by atoms with E-state index >= 15 is 0 Å². The lowest BCUT2D eigenvalue weighted by Gasteiger charge is -2.30. The van der Waals surface area contributed by atoms with Crippen molar-refractivity contribution < 1.29 is 31.5 Å². The summed E-state index contributed by atoms with van der Waals surface area (Å²) in [5.41, 5.74) is -1.25. The SMILES string of the molecule is O=C(NCC(O)c1ccccc1C(F)(F)F)C1CCN(S(=O)(=O)c2ccccc2)CC1. The van der Waals surface area contributed by atoms with Gasteiger partial charge in [-0.25, -0.2) is 8.42 Å².